The van der Waals surface area contributed by atoms with Crippen molar-refractivity contribution in [2.45, 2.75) is 13.0 Å². The molecule has 104 valence electrons. The smallest absolute Gasteiger partial charge is 0.202 e. The maximum absolute atomic E-state index is 13.2. The summed E-state index contributed by atoms with van der Waals surface area (Å²) in [4.78, 5) is 12.2. The number of halogens is 3. The van der Waals surface area contributed by atoms with Crippen LogP contribution in [0.3, 0.4) is 0 Å². The average molecular weight is 402 g/mol. The first-order valence-electron chi connectivity index (χ1n) is 5.89. The van der Waals surface area contributed by atoms with Gasteiger partial charge in [0.1, 0.15) is 11.6 Å². The highest BCUT2D eigenvalue weighted by atomic mass is 79.9. The minimum atomic E-state index is -0.700. The van der Waals surface area contributed by atoms with Gasteiger partial charge in [-0.1, -0.05) is 28.1 Å². The highest BCUT2D eigenvalue weighted by Crippen LogP contribution is 2.27. The van der Waals surface area contributed by atoms with Crippen LogP contribution in [0.2, 0.25) is 0 Å². The Hall–Kier alpha value is -1.20. The number of rotatable bonds is 4. The maximum Gasteiger partial charge on any atom is 0.202 e. The van der Waals surface area contributed by atoms with Crippen LogP contribution in [0.25, 0.3) is 0 Å². The van der Waals surface area contributed by atoms with E-state index in [0.717, 1.165) is 4.47 Å². The minimum Gasteiger partial charge on any atom is -0.481 e. The molecule has 0 saturated heterocycles. The number of ketones is 1. The van der Waals surface area contributed by atoms with Crippen molar-refractivity contribution in [1.29, 1.82) is 0 Å². The second-order valence-electron chi connectivity index (χ2n) is 4.21. The van der Waals surface area contributed by atoms with E-state index in [0.29, 0.717) is 15.8 Å². The topological polar surface area (TPSA) is 26.3 Å². The van der Waals surface area contributed by atoms with Gasteiger partial charge in [0, 0.05) is 16.1 Å². The van der Waals surface area contributed by atoms with E-state index in [2.05, 4.69) is 31.9 Å². The zero-order valence-corrected chi connectivity index (χ0v) is 13.7. The Morgan fingerprint density at radius 1 is 1.15 bits per heavy atom. The summed E-state index contributed by atoms with van der Waals surface area (Å²) in [5.74, 6) is -0.261. The summed E-state index contributed by atoms with van der Waals surface area (Å²) in [5, 5.41) is 0. The molecule has 0 heterocycles. The number of benzene rings is 2. The van der Waals surface area contributed by atoms with Gasteiger partial charge in [0.25, 0.3) is 0 Å². The van der Waals surface area contributed by atoms with Crippen LogP contribution in [-0.2, 0) is 0 Å². The lowest BCUT2D eigenvalue weighted by molar-refractivity contribution is 0.0816. The van der Waals surface area contributed by atoms with Crippen LogP contribution in [0.15, 0.2) is 51.4 Å². The Kier molecular flexibility index (Phi) is 4.94. The van der Waals surface area contributed by atoms with Gasteiger partial charge in [-0.3, -0.25) is 4.79 Å². The molecule has 2 nitrogen and oxygen atoms in total. The number of Topliss-reactive ketones (excluding diaryl/α,β-unsaturated/α-hetero) is 1. The van der Waals surface area contributed by atoms with Crippen LogP contribution in [0.4, 0.5) is 4.39 Å². The fourth-order valence-electron chi connectivity index (χ4n) is 1.66. The Morgan fingerprint density at radius 2 is 1.80 bits per heavy atom. The van der Waals surface area contributed by atoms with Gasteiger partial charge in [-0.2, -0.15) is 0 Å². The fraction of sp³-hybridized carbons (Fsp3) is 0.133. The Labute approximate surface area is 133 Å². The molecule has 2 rings (SSSR count). The van der Waals surface area contributed by atoms with Gasteiger partial charge in [-0.25, -0.2) is 4.39 Å². The number of carbonyl (C=O) groups excluding carboxylic acids is 1. The summed E-state index contributed by atoms with van der Waals surface area (Å²) in [6, 6.07) is 11.1. The average Bonchev–Trinajstić information content (AvgIpc) is 2.43. The van der Waals surface area contributed by atoms with E-state index < -0.39 is 11.9 Å². The van der Waals surface area contributed by atoms with Gasteiger partial charge in [-0.15, -0.1) is 0 Å². The molecule has 0 fully saturated rings. The lowest BCUT2D eigenvalue weighted by atomic mass is 10.1. The first kappa shape index (κ1) is 15.2. The van der Waals surface area contributed by atoms with Crippen molar-refractivity contribution < 1.29 is 13.9 Å². The number of ether oxygens (including phenoxy) is 1. The minimum absolute atomic E-state index is 0.159. The number of hydrogen-bond donors (Lipinski definition) is 0. The predicted octanol–water partition coefficient (Wildman–Crippen LogP) is 5.00. The quantitative estimate of drug-likeness (QED) is 0.673. The summed E-state index contributed by atoms with van der Waals surface area (Å²) in [6.07, 6.45) is -0.700. The van der Waals surface area contributed by atoms with Crippen LogP contribution in [0, 0.1) is 5.82 Å². The third kappa shape index (κ3) is 3.67. The predicted molar refractivity (Wildman–Crippen MR) is 82.7 cm³/mol. The Bertz CT molecular complexity index is 626. The molecule has 1 atom stereocenters. The highest BCUT2D eigenvalue weighted by Gasteiger charge is 2.18. The molecule has 0 bridgehead atoms. The van der Waals surface area contributed by atoms with E-state index in [1.807, 2.05) is 0 Å². The molecule has 1 unspecified atom stereocenters. The molecule has 20 heavy (non-hydrogen) atoms. The van der Waals surface area contributed by atoms with Crippen LogP contribution in [0.1, 0.15) is 17.3 Å². The van der Waals surface area contributed by atoms with E-state index in [4.69, 9.17) is 4.74 Å². The summed E-state index contributed by atoms with van der Waals surface area (Å²) >= 11 is 6.58. The largest absolute Gasteiger partial charge is 0.481 e. The van der Waals surface area contributed by atoms with Crippen molar-refractivity contribution in [2.75, 3.05) is 0 Å². The van der Waals surface area contributed by atoms with Crippen molar-refractivity contribution in [1.82, 2.24) is 0 Å². The Morgan fingerprint density at radius 3 is 2.45 bits per heavy atom. The fourth-order valence-corrected chi connectivity index (χ4v) is 2.26. The summed E-state index contributed by atoms with van der Waals surface area (Å²) < 4.78 is 20.2. The second-order valence-corrected chi connectivity index (χ2v) is 5.98. The molecule has 2 aromatic rings. The summed E-state index contributed by atoms with van der Waals surface area (Å²) in [5.41, 5.74) is 0.549. The molecular weight excluding hydrogens is 391 g/mol. The van der Waals surface area contributed by atoms with Gasteiger partial charge >= 0.3 is 0 Å². The van der Waals surface area contributed by atoms with Gasteiger partial charge in [-0.05, 0) is 47.1 Å². The first-order valence-corrected chi connectivity index (χ1v) is 7.47. The molecule has 2 aromatic carbocycles. The molecule has 0 aliphatic heterocycles. The van der Waals surface area contributed by atoms with Gasteiger partial charge in [0.2, 0.25) is 5.78 Å². The van der Waals surface area contributed by atoms with Gasteiger partial charge < -0.3 is 4.74 Å². The summed E-state index contributed by atoms with van der Waals surface area (Å²) in [7, 11) is 0. The van der Waals surface area contributed by atoms with E-state index in [9.17, 15) is 9.18 Å². The van der Waals surface area contributed by atoms with Crippen molar-refractivity contribution in [2.24, 2.45) is 0 Å². The van der Waals surface area contributed by atoms with Gasteiger partial charge in [0.05, 0.1) is 4.47 Å². The molecule has 0 saturated carbocycles. The zero-order valence-electron chi connectivity index (χ0n) is 10.6. The molecule has 5 heteroatoms. The van der Waals surface area contributed by atoms with E-state index in [1.54, 1.807) is 37.3 Å². The number of hydrogen-bond acceptors (Lipinski definition) is 2. The van der Waals surface area contributed by atoms with Gasteiger partial charge in [0.15, 0.2) is 6.10 Å². The van der Waals surface area contributed by atoms with E-state index >= 15 is 0 Å². The van der Waals surface area contributed by atoms with Crippen LogP contribution in [-0.4, -0.2) is 11.9 Å². The normalized spacial score (nSPS) is 12.0. The number of carbonyl (C=O) groups is 1. The first-order chi connectivity index (χ1) is 9.47. The lowest BCUT2D eigenvalue weighted by Gasteiger charge is -2.15. The van der Waals surface area contributed by atoms with Crippen LogP contribution < -0.4 is 4.74 Å². The van der Waals surface area contributed by atoms with Crippen molar-refractivity contribution in [3.8, 4) is 5.75 Å². The molecule has 0 aliphatic carbocycles. The Balaban J connectivity index is 2.15. The van der Waals surface area contributed by atoms with E-state index in [1.165, 1.54) is 12.1 Å². The molecule has 0 amide bonds. The SMILES string of the molecule is CC(Oc1cc(F)ccc1Br)C(=O)c1ccc(Br)cc1. The van der Waals surface area contributed by atoms with Crippen LogP contribution >= 0.6 is 31.9 Å². The standard InChI is InChI=1S/C15H11Br2FO2/c1-9(15(19)10-2-4-11(16)5-3-10)20-14-8-12(18)6-7-13(14)17/h2-9H,1H3. The monoisotopic (exact) mass is 400 g/mol. The molecule has 0 spiro atoms. The molecule has 0 radical (unpaired) electrons. The molecule has 0 aromatic heterocycles. The lowest BCUT2D eigenvalue weighted by Crippen LogP contribution is -2.24. The third-order valence-corrected chi connectivity index (χ3v) is 3.88. The summed E-state index contributed by atoms with van der Waals surface area (Å²) in [6.45, 7) is 1.64. The maximum atomic E-state index is 13.2. The van der Waals surface area contributed by atoms with Crippen molar-refractivity contribution in [3.63, 3.8) is 0 Å². The zero-order chi connectivity index (χ0) is 14.7. The molecule has 0 aliphatic rings. The third-order valence-electron chi connectivity index (χ3n) is 2.69. The van der Waals surface area contributed by atoms with E-state index in [-0.39, 0.29) is 5.78 Å². The highest BCUT2D eigenvalue weighted by molar-refractivity contribution is 9.10. The second kappa shape index (κ2) is 6.50. The van der Waals surface area contributed by atoms with Crippen LogP contribution in [0.5, 0.6) is 5.75 Å². The molecular formula is C15H11Br2FO2. The van der Waals surface area contributed by atoms with Crippen molar-refractivity contribution in [3.05, 3.63) is 62.8 Å². The molecule has 0 N–H and O–H groups in total. The van der Waals surface area contributed by atoms with Crippen molar-refractivity contribution >= 4 is 37.6 Å².